The minimum atomic E-state index is -2.55. The Hall–Kier alpha value is -0.870. The van der Waals surface area contributed by atoms with Crippen molar-refractivity contribution in [3.05, 3.63) is 0 Å². The van der Waals surface area contributed by atoms with Crippen LogP contribution in [-0.2, 0) is 0 Å². The number of halogens is 2. The van der Waals surface area contributed by atoms with E-state index in [1.807, 2.05) is 0 Å². The number of carbonyl (C=O) groups is 1. The van der Waals surface area contributed by atoms with Gasteiger partial charge in [-0.05, 0) is 6.42 Å². The lowest BCUT2D eigenvalue weighted by Crippen LogP contribution is -2.56. The molecule has 0 aromatic rings. The van der Waals surface area contributed by atoms with Crippen LogP contribution in [0.15, 0.2) is 0 Å². The summed E-state index contributed by atoms with van der Waals surface area (Å²) >= 11 is 0. The molecular weight excluding hydrogens is 178 g/mol. The summed E-state index contributed by atoms with van der Waals surface area (Å²) in [5, 5.41) is 2.58. The first kappa shape index (κ1) is 8.72. The highest BCUT2D eigenvalue weighted by molar-refractivity contribution is 5.75. The number of alkyl halides is 2. The van der Waals surface area contributed by atoms with Gasteiger partial charge in [0.25, 0.3) is 5.92 Å². The maximum absolute atomic E-state index is 12.4. The fraction of sp³-hybridized carbons (Fsp3) is 0.875. The number of rotatable bonds is 1. The van der Waals surface area contributed by atoms with Crippen molar-refractivity contribution >= 4 is 6.03 Å². The summed E-state index contributed by atoms with van der Waals surface area (Å²) in [6, 6.07) is -0.505. The van der Waals surface area contributed by atoms with Crippen molar-refractivity contribution in [2.24, 2.45) is 0 Å². The van der Waals surface area contributed by atoms with E-state index >= 15 is 0 Å². The SMILES string of the molecule is O=C(NC1CC(F)(F)C1)N1CCC1. The highest BCUT2D eigenvalue weighted by atomic mass is 19.3. The van der Waals surface area contributed by atoms with Gasteiger partial charge in [-0.15, -0.1) is 0 Å². The van der Waals surface area contributed by atoms with Crippen molar-refractivity contribution in [3.63, 3.8) is 0 Å². The number of urea groups is 1. The minimum absolute atomic E-state index is 0.188. The molecule has 2 aliphatic rings. The van der Waals surface area contributed by atoms with Crippen LogP contribution in [0.1, 0.15) is 19.3 Å². The van der Waals surface area contributed by atoms with Gasteiger partial charge in [0.2, 0.25) is 0 Å². The Kier molecular flexibility index (Phi) is 1.89. The number of nitrogens with one attached hydrogen (secondary N) is 1. The number of amides is 2. The second-order valence-electron chi connectivity index (χ2n) is 3.75. The van der Waals surface area contributed by atoms with Crippen molar-refractivity contribution in [1.82, 2.24) is 10.2 Å². The Labute approximate surface area is 75.1 Å². The maximum Gasteiger partial charge on any atom is 0.317 e. The monoisotopic (exact) mass is 190 g/mol. The third kappa shape index (κ3) is 1.73. The van der Waals surface area contributed by atoms with Gasteiger partial charge in [0.15, 0.2) is 0 Å². The van der Waals surface area contributed by atoms with E-state index in [1.165, 1.54) is 0 Å². The van der Waals surface area contributed by atoms with Gasteiger partial charge in [0.1, 0.15) is 0 Å². The molecule has 0 atom stereocenters. The summed E-state index contributed by atoms with van der Waals surface area (Å²) < 4.78 is 24.7. The first-order chi connectivity index (χ1) is 6.07. The van der Waals surface area contributed by atoms with Gasteiger partial charge in [-0.1, -0.05) is 0 Å². The molecule has 74 valence electrons. The topological polar surface area (TPSA) is 32.3 Å². The van der Waals surface area contributed by atoms with E-state index in [0.717, 1.165) is 19.5 Å². The smallest absolute Gasteiger partial charge is 0.317 e. The van der Waals surface area contributed by atoms with Crippen molar-refractivity contribution in [1.29, 1.82) is 0 Å². The molecule has 1 aliphatic heterocycles. The van der Waals surface area contributed by atoms with Crippen LogP contribution < -0.4 is 5.32 Å². The zero-order chi connectivity index (χ0) is 9.47. The summed E-state index contributed by atoms with van der Waals surface area (Å²) in [6.07, 6.45) is 0.618. The molecule has 0 unspecified atom stereocenters. The first-order valence-corrected chi connectivity index (χ1v) is 4.50. The Morgan fingerprint density at radius 1 is 1.38 bits per heavy atom. The summed E-state index contributed by atoms with van der Waals surface area (Å²) in [6.45, 7) is 1.52. The molecule has 5 heteroatoms. The number of carbonyl (C=O) groups excluding carboxylic acids is 1. The van der Waals surface area contributed by atoms with Crippen molar-refractivity contribution in [2.75, 3.05) is 13.1 Å². The van der Waals surface area contributed by atoms with Crippen molar-refractivity contribution in [3.8, 4) is 0 Å². The average molecular weight is 190 g/mol. The third-order valence-corrected chi connectivity index (χ3v) is 2.56. The lowest BCUT2D eigenvalue weighted by molar-refractivity contribution is -0.0905. The second kappa shape index (κ2) is 2.82. The molecule has 0 spiro atoms. The van der Waals surface area contributed by atoms with Gasteiger partial charge >= 0.3 is 6.03 Å². The Morgan fingerprint density at radius 2 is 2.00 bits per heavy atom. The quantitative estimate of drug-likeness (QED) is 0.662. The van der Waals surface area contributed by atoms with Crippen molar-refractivity contribution in [2.45, 2.75) is 31.2 Å². The second-order valence-corrected chi connectivity index (χ2v) is 3.75. The summed E-state index contributed by atoms with van der Waals surface area (Å²) in [4.78, 5) is 12.8. The summed E-state index contributed by atoms with van der Waals surface area (Å²) in [5.41, 5.74) is 0. The predicted octanol–water partition coefficient (Wildman–Crippen LogP) is 1.20. The predicted molar refractivity (Wildman–Crippen MR) is 42.7 cm³/mol. The molecule has 1 N–H and O–H groups in total. The normalized spacial score (nSPS) is 26.2. The lowest BCUT2D eigenvalue weighted by Gasteiger charge is -2.38. The first-order valence-electron chi connectivity index (χ1n) is 4.50. The van der Waals surface area contributed by atoms with E-state index in [2.05, 4.69) is 5.32 Å². The highest BCUT2D eigenvalue weighted by Crippen LogP contribution is 2.37. The number of nitrogens with zero attached hydrogens (tertiary/aromatic N) is 1. The largest absolute Gasteiger partial charge is 0.335 e. The van der Waals surface area contributed by atoms with Gasteiger partial charge in [-0.25, -0.2) is 13.6 Å². The minimum Gasteiger partial charge on any atom is -0.335 e. The van der Waals surface area contributed by atoms with Gasteiger partial charge in [-0.3, -0.25) is 0 Å². The molecule has 1 aliphatic carbocycles. The van der Waals surface area contributed by atoms with Crippen LogP contribution in [0.2, 0.25) is 0 Å². The molecule has 3 nitrogen and oxygen atoms in total. The van der Waals surface area contributed by atoms with Crippen LogP contribution in [0.5, 0.6) is 0 Å². The molecule has 0 aromatic heterocycles. The lowest BCUT2D eigenvalue weighted by atomic mass is 9.88. The molecule has 2 fully saturated rings. The number of hydrogen-bond donors (Lipinski definition) is 1. The highest BCUT2D eigenvalue weighted by Gasteiger charge is 2.46. The molecule has 2 amide bonds. The van der Waals surface area contributed by atoms with Crippen LogP contribution in [0.3, 0.4) is 0 Å². The maximum atomic E-state index is 12.4. The van der Waals surface area contributed by atoms with Gasteiger partial charge < -0.3 is 10.2 Å². The molecule has 1 saturated carbocycles. The summed E-state index contributed by atoms with van der Waals surface area (Å²) in [7, 11) is 0. The third-order valence-electron chi connectivity index (χ3n) is 2.56. The van der Waals surface area contributed by atoms with Gasteiger partial charge in [0, 0.05) is 32.0 Å². The van der Waals surface area contributed by atoms with E-state index in [1.54, 1.807) is 4.90 Å². The van der Waals surface area contributed by atoms with Crippen LogP contribution in [0.4, 0.5) is 13.6 Å². The fourth-order valence-electron chi connectivity index (χ4n) is 1.55. The Bertz CT molecular complexity index is 220. The van der Waals surface area contributed by atoms with Gasteiger partial charge in [0.05, 0.1) is 0 Å². The molecule has 2 rings (SSSR count). The zero-order valence-corrected chi connectivity index (χ0v) is 7.22. The molecule has 1 heterocycles. The van der Waals surface area contributed by atoms with Crippen molar-refractivity contribution < 1.29 is 13.6 Å². The molecule has 13 heavy (non-hydrogen) atoms. The fourth-order valence-corrected chi connectivity index (χ4v) is 1.55. The van der Waals surface area contributed by atoms with Gasteiger partial charge in [-0.2, -0.15) is 0 Å². The van der Waals surface area contributed by atoms with E-state index < -0.39 is 5.92 Å². The molecule has 0 bridgehead atoms. The van der Waals surface area contributed by atoms with E-state index in [0.29, 0.717) is 0 Å². The Balaban J connectivity index is 1.71. The molecule has 0 aromatic carbocycles. The van der Waals surface area contributed by atoms with Crippen LogP contribution in [-0.4, -0.2) is 36.0 Å². The average Bonchev–Trinajstić information content (AvgIpc) is 1.77. The number of hydrogen-bond acceptors (Lipinski definition) is 1. The molecule has 1 saturated heterocycles. The standard InChI is InChI=1S/C8H12F2N2O/c9-8(10)4-6(5-8)11-7(13)12-2-1-3-12/h6H,1-5H2,(H,11,13). The number of likely N-dealkylation sites (tertiary alicyclic amines) is 1. The Morgan fingerprint density at radius 3 is 2.38 bits per heavy atom. The van der Waals surface area contributed by atoms with E-state index in [4.69, 9.17) is 0 Å². The zero-order valence-electron chi connectivity index (χ0n) is 7.22. The van der Waals surface area contributed by atoms with Crippen LogP contribution in [0.25, 0.3) is 0 Å². The van der Waals surface area contributed by atoms with Crippen LogP contribution >= 0.6 is 0 Å². The van der Waals surface area contributed by atoms with Crippen LogP contribution in [0, 0.1) is 0 Å². The molecule has 0 radical (unpaired) electrons. The summed E-state index contributed by atoms with van der Waals surface area (Å²) in [5.74, 6) is -2.55. The van der Waals surface area contributed by atoms with E-state index in [9.17, 15) is 13.6 Å². The van der Waals surface area contributed by atoms with E-state index in [-0.39, 0.29) is 24.9 Å². The molecular formula is C8H12F2N2O.